The molecule has 0 aliphatic carbocycles. The van der Waals surface area contributed by atoms with E-state index in [2.05, 4.69) is 25.5 Å². The summed E-state index contributed by atoms with van der Waals surface area (Å²) in [4.78, 5) is 19.8. The lowest BCUT2D eigenvalue weighted by Gasteiger charge is -2.20. The Balaban J connectivity index is 2.38. The Bertz CT molecular complexity index is 594. The summed E-state index contributed by atoms with van der Waals surface area (Å²) in [6.07, 6.45) is 1.58. The Labute approximate surface area is 109 Å². The van der Waals surface area contributed by atoms with Crippen LogP contribution in [0.15, 0.2) is 6.20 Å². The predicted molar refractivity (Wildman–Crippen MR) is 70.4 cm³/mol. The van der Waals surface area contributed by atoms with Gasteiger partial charge in [-0.25, -0.2) is 4.79 Å². The molecule has 0 aliphatic heterocycles. The lowest BCUT2D eigenvalue weighted by molar-refractivity contribution is -0.142. The van der Waals surface area contributed by atoms with Gasteiger partial charge < -0.3 is 15.8 Å². The average Bonchev–Trinajstić information content (AvgIpc) is 2.82. The molecule has 1 unspecified atom stereocenters. The third kappa shape index (κ3) is 2.56. The maximum absolute atomic E-state index is 11.7. The number of hydrogen-bond donors (Lipinski definition) is 3. The van der Waals surface area contributed by atoms with Crippen molar-refractivity contribution in [2.75, 3.05) is 18.2 Å². The quantitative estimate of drug-likeness (QED) is 0.689. The Morgan fingerprint density at radius 1 is 1.47 bits per heavy atom. The minimum atomic E-state index is -0.516. The van der Waals surface area contributed by atoms with Gasteiger partial charge in [-0.15, -0.1) is 0 Å². The molecular weight excluding hydrogens is 248 g/mol. The number of carbonyl (C=O) groups is 1. The molecule has 4 N–H and O–H groups in total. The summed E-state index contributed by atoms with van der Waals surface area (Å²) in [5.41, 5.74) is 6.13. The van der Waals surface area contributed by atoms with Crippen molar-refractivity contribution in [2.24, 2.45) is 5.92 Å². The first-order chi connectivity index (χ1) is 9.02. The fourth-order valence-electron chi connectivity index (χ4n) is 1.73. The van der Waals surface area contributed by atoms with Gasteiger partial charge in [0.15, 0.2) is 5.65 Å². The van der Waals surface area contributed by atoms with E-state index in [1.54, 1.807) is 6.20 Å². The van der Waals surface area contributed by atoms with Crippen LogP contribution in [0.4, 0.5) is 11.8 Å². The van der Waals surface area contributed by atoms with Crippen molar-refractivity contribution in [1.82, 2.24) is 20.2 Å². The number of methoxy groups -OCH3 is 1. The number of ether oxygens (including phenoxy) is 1. The van der Waals surface area contributed by atoms with E-state index in [9.17, 15) is 4.79 Å². The summed E-state index contributed by atoms with van der Waals surface area (Å²) in [7, 11) is 1.35. The molecule has 0 spiro atoms. The first kappa shape index (κ1) is 13.1. The molecule has 0 aliphatic rings. The van der Waals surface area contributed by atoms with E-state index in [1.165, 1.54) is 7.11 Å². The SMILES string of the molecule is COC(=O)C(Nc1nc(N)nc2[nH]ncc12)C(C)C. The Morgan fingerprint density at radius 3 is 2.84 bits per heavy atom. The van der Waals surface area contributed by atoms with Crippen LogP contribution in [0.1, 0.15) is 13.8 Å². The third-order valence-corrected chi connectivity index (χ3v) is 2.74. The second kappa shape index (κ2) is 5.09. The first-order valence-corrected chi connectivity index (χ1v) is 5.84. The Hall–Kier alpha value is -2.38. The van der Waals surface area contributed by atoms with E-state index in [4.69, 9.17) is 10.5 Å². The van der Waals surface area contributed by atoms with Gasteiger partial charge in [-0.1, -0.05) is 13.8 Å². The molecule has 0 radical (unpaired) electrons. The molecule has 1 atom stereocenters. The molecule has 0 amide bonds. The van der Waals surface area contributed by atoms with Crippen LogP contribution in [-0.2, 0) is 9.53 Å². The lowest BCUT2D eigenvalue weighted by atomic mass is 10.0. The number of anilines is 2. The maximum atomic E-state index is 11.7. The molecule has 19 heavy (non-hydrogen) atoms. The summed E-state index contributed by atoms with van der Waals surface area (Å²) in [6, 6.07) is -0.516. The van der Waals surface area contributed by atoms with Gasteiger partial charge in [-0.3, -0.25) is 5.10 Å². The number of esters is 1. The van der Waals surface area contributed by atoms with Gasteiger partial charge >= 0.3 is 5.97 Å². The Kier molecular flexibility index (Phi) is 3.50. The predicted octanol–water partition coefficient (Wildman–Crippen LogP) is 0.545. The summed E-state index contributed by atoms with van der Waals surface area (Å²) in [6.45, 7) is 3.82. The van der Waals surface area contributed by atoms with E-state index in [0.29, 0.717) is 16.9 Å². The second-order valence-corrected chi connectivity index (χ2v) is 4.45. The van der Waals surface area contributed by atoms with Crippen molar-refractivity contribution >= 4 is 28.8 Å². The van der Waals surface area contributed by atoms with Gasteiger partial charge in [-0.2, -0.15) is 15.1 Å². The standard InChI is InChI=1S/C11H16N6O2/c1-5(2)7(10(18)19-3)14-8-6-4-13-17-9(6)16-11(12)15-8/h4-5,7H,1-3H3,(H4,12,13,14,15,16,17). The van der Waals surface area contributed by atoms with Gasteiger partial charge in [0.25, 0.3) is 0 Å². The van der Waals surface area contributed by atoms with Gasteiger partial charge in [0.2, 0.25) is 5.95 Å². The van der Waals surface area contributed by atoms with E-state index < -0.39 is 6.04 Å². The zero-order chi connectivity index (χ0) is 14.0. The molecule has 0 bridgehead atoms. The highest BCUT2D eigenvalue weighted by molar-refractivity contribution is 5.89. The largest absolute Gasteiger partial charge is 0.467 e. The van der Waals surface area contributed by atoms with Crippen LogP contribution in [0.3, 0.4) is 0 Å². The molecule has 2 aromatic heterocycles. The number of H-pyrrole nitrogens is 1. The number of aromatic amines is 1. The number of nitrogen functional groups attached to an aromatic ring is 1. The normalized spacial score (nSPS) is 12.6. The van der Waals surface area contributed by atoms with Crippen molar-refractivity contribution in [3.05, 3.63) is 6.20 Å². The minimum absolute atomic E-state index is 0.0330. The van der Waals surface area contributed by atoms with Gasteiger partial charge in [-0.05, 0) is 5.92 Å². The molecule has 0 saturated heterocycles. The molecule has 2 heterocycles. The Morgan fingerprint density at radius 2 is 2.21 bits per heavy atom. The minimum Gasteiger partial charge on any atom is -0.467 e. The molecule has 8 heteroatoms. The lowest BCUT2D eigenvalue weighted by Crippen LogP contribution is -2.35. The van der Waals surface area contributed by atoms with E-state index >= 15 is 0 Å². The zero-order valence-electron chi connectivity index (χ0n) is 11.0. The molecule has 0 fully saturated rings. The van der Waals surface area contributed by atoms with Crippen molar-refractivity contribution in [1.29, 1.82) is 0 Å². The first-order valence-electron chi connectivity index (χ1n) is 5.84. The number of aromatic nitrogens is 4. The fourth-order valence-corrected chi connectivity index (χ4v) is 1.73. The van der Waals surface area contributed by atoms with Crippen molar-refractivity contribution < 1.29 is 9.53 Å². The fraction of sp³-hybridized carbons (Fsp3) is 0.455. The smallest absolute Gasteiger partial charge is 0.328 e. The van der Waals surface area contributed by atoms with Crippen LogP contribution >= 0.6 is 0 Å². The highest BCUT2D eigenvalue weighted by Crippen LogP contribution is 2.21. The van der Waals surface area contributed by atoms with E-state index in [1.807, 2.05) is 13.8 Å². The summed E-state index contributed by atoms with van der Waals surface area (Å²) in [5.74, 6) is 0.237. The highest BCUT2D eigenvalue weighted by atomic mass is 16.5. The number of nitrogens with two attached hydrogens (primary N) is 1. The van der Waals surface area contributed by atoms with E-state index in [0.717, 1.165) is 0 Å². The van der Waals surface area contributed by atoms with Crippen LogP contribution < -0.4 is 11.1 Å². The molecule has 0 saturated carbocycles. The highest BCUT2D eigenvalue weighted by Gasteiger charge is 2.24. The summed E-state index contributed by atoms with van der Waals surface area (Å²) >= 11 is 0. The van der Waals surface area contributed by atoms with Gasteiger partial charge in [0.05, 0.1) is 18.7 Å². The topological polar surface area (TPSA) is 119 Å². The van der Waals surface area contributed by atoms with Crippen LogP contribution in [0, 0.1) is 5.92 Å². The summed E-state index contributed by atoms with van der Waals surface area (Å²) in [5, 5.41) is 10.3. The zero-order valence-corrected chi connectivity index (χ0v) is 11.0. The average molecular weight is 264 g/mol. The van der Waals surface area contributed by atoms with Crippen LogP contribution in [-0.4, -0.2) is 39.3 Å². The molecular formula is C11H16N6O2. The number of rotatable bonds is 4. The number of fused-ring (bicyclic) bond motifs is 1. The number of nitrogens with zero attached hydrogens (tertiary/aromatic N) is 3. The molecule has 102 valence electrons. The summed E-state index contributed by atoms with van der Waals surface area (Å²) < 4.78 is 4.77. The van der Waals surface area contributed by atoms with E-state index in [-0.39, 0.29) is 17.8 Å². The van der Waals surface area contributed by atoms with Gasteiger partial charge in [0, 0.05) is 0 Å². The van der Waals surface area contributed by atoms with Crippen LogP contribution in [0.25, 0.3) is 11.0 Å². The van der Waals surface area contributed by atoms with Crippen molar-refractivity contribution in [2.45, 2.75) is 19.9 Å². The van der Waals surface area contributed by atoms with Crippen molar-refractivity contribution in [3.8, 4) is 0 Å². The number of nitrogens with one attached hydrogen (secondary N) is 2. The third-order valence-electron chi connectivity index (χ3n) is 2.74. The molecule has 8 nitrogen and oxygen atoms in total. The van der Waals surface area contributed by atoms with Crippen molar-refractivity contribution in [3.63, 3.8) is 0 Å². The maximum Gasteiger partial charge on any atom is 0.328 e. The molecule has 0 aromatic carbocycles. The molecule has 2 aromatic rings. The number of hydrogen-bond acceptors (Lipinski definition) is 7. The second-order valence-electron chi connectivity index (χ2n) is 4.45. The van der Waals surface area contributed by atoms with Gasteiger partial charge in [0.1, 0.15) is 11.9 Å². The van der Waals surface area contributed by atoms with Crippen LogP contribution in [0.2, 0.25) is 0 Å². The molecule has 2 rings (SSSR count). The number of carbonyl (C=O) groups excluding carboxylic acids is 1. The van der Waals surface area contributed by atoms with Crippen LogP contribution in [0.5, 0.6) is 0 Å². The monoisotopic (exact) mass is 264 g/mol.